The maximum Gasteiger partial charge on any atom is 0.0540 e. The summed E-state index contributed by atoms with van der Waals surface area (Å²) in [5, 5.41) is 6.95. The average molecular weight is 165 g/mol. The Bertz CT molecular complexity index is 271. The highest BCUT2D eigenvalue weighted by atomic mass is 15.1. The van der Waals surface area contributed by atoms with E-state index in [0.29, 0.717) is 0 Å². The lowest BCUT2D eigenvalue weighted by Crippen LogP contribution is -2.33. The van der Waals surface area contributed by atoms with Crippen LogP contribution in [0.5, 0.6) is 0 Å². The third kappa shape index (κ3) is 1.05. The van der Waals surface area contributed by atoms with Crippen LogP contribution in [0.4, 0.5) is 0 Å². The number of H-pyrrole nitrogens is 1. The monoisotopic (exact) mass is 165 g/mol. The Morgan fingerprint density at radius 2 is 2.17 bits per heavy atom. The lowest BCUT2D eigenvalue weighted by molar-refractivity contribution is 0.459. The maximum absolute atomic E-state index is 6.27. The molecule has 3 nitrogen and oxygen atoms in total. The van der Waals surface area contributed by atoms with Crippen molar-refractivity contribution >= 4 is 0 Å². The standard InChI is InChI=1S/C9H15N3/c1-7-8(6-11-12-7)9(10)4-2-3-5-9/h6H,2-5,10H2,1H3,(H,11,12). The second kappa shape index (κ2) is 2.59. The van der Waals surface area contributed by atoms with Crippen molar-refractivity contribution in [3.63, 3.8) is 0 Å². The summed E-state index contributed by atoms with van der Waals surface area (Å²) in [6.07, 6.45) is 6.59. The van der Waals surface area contributed by atoms with Gasteiger partial charge in [-0.25, -0.2) is 0 Å². The van der Waals surface area contributed by atoms with E-state index in [-0.39, 0.29) is 5.54 Å². The number of rotatable bonds is 1. The summed E-state index contributed by atoms with van der Waals surface area (Å²) in [5.41, 5.74) is 8.51. The minimum atomic E-state index is -0.0862. The van der Waals surface area contributed by atoms with Crippen LogP contribution in [0.15, 0.2) is 6.20 Å². The van der Waals surface area contributed by atoms with Crippen molar-refractivity contribution in [3.8, 4) is 0 Å². The van der Waals surface area contributed by atoms with Gasteiger partial charge in [0.1, 0.15) is 0 Å². The van der Waals surface area contributed by atoms with Crippen LogP contribution in [0.3, 0.4) is 0 Å². The summed E-state index contributed by atoms with van der Waals surface area (Å²) in [6, 6.07) is 0. The van der Waals surface area contributed by atoms with Gasteiger partial charge in [-0.1, -0.05) is 12.8 Å². The molecule has 0 amide bonds. The molecule has 12 heavy (non-hydrogen) atoms. The quantitative estimate of drug-likeness (QED) is 0.661. The highest BCUT2D eigenvalue weighted by Gasteiger charge is 2.33. The normalized spacial score (nSPS) is 21.5. The fourth-order valence-electron chi connectivity index (χ4n) is 2.13. The van der Waals surface area contributed by atoms with Crippen LogP contribution < -0.4 is 5.73 Å². The van der Waals surface area contributed by atoms with E-state index in [1.165, 1.54) is 18.4 Å². The Kier molecular flexibility index (Phi) is 1.68. The summed E-state index contributed by atoms with van der Waals surface area (Å²) >= 11 is 0. The van der Waals surface area contributed by atoms with Gasteiger partial charge in [-0.3, -0.25) is 5.10 Å². The number of hydrogen-bond acceptors (Lipinski definition) is 2. The van der Waals surface area contributed by atoms with Crippen molar-refractivity contribution in [1.82, 2.24) is 10.2 Å². The minimum Gasteiger partial charge on any atom is -0.321 e. The maximum atomic E-state index is 6.27. The summed E-state index contributed by atoms with van der Waals surface area (Å²) in [4.78, 5) is 0. The van der Waals surface area contributed by atoms with Gasteiger partial charge in [-0.15, -0.1) is 0 Å². The van der Waals surface area contributed by atoms with E-state index < -0.39 is 0 Å². The smallest absolute Gasteiger partial charge is 0.0540 e. The topological polar surface area (TPSA) is 54.7 Å². The zero-order valence-corrected chi connectivity index (χ0v) is 7.43. The molecule has 1 heterocycles. The molecule has 1 aromatic heterocycles. The van der Waals surface area contributed by atoms with Gasteiger partial charge in [0, 0.05) is 16.8 Å². The SMILES string of the molecule is Cc1[nH]ncc1C1(N)CCCC1. The number of hydrogen-bond donors (Lipinski definition) is 2. The van der Waals surface area contributed by atoms with E-state index >= 15 is 0 Å². The first-order chi connectivity index (χ1) is 5.72. The van der Waals surface area contributed by atoms with Gasteiger partial charge in [-0.05, 0) is 19.8 Å². The molecule has 0 aliphatic heterocycles. The average Bonchev–Trinajstić information content (AvgIpc) is 2.59. The molecule has 0 radical (unpaired) electrons. The van der Waals surface area contributed by atoms with Gasteiger partial charge in [0.2, 0.25) is 0 Å². The second-order valence-electron chi connectivity index (χ2n) is 3.77. The van der Waals surface area contributed by atoms with Crippen LogP contribution in [-0.2, 0) is 5.54 Å². The minimum absolute atomic E-state index is 0.0862. The molecule has 2 rings (SSSR count). The van der Waals surface area contributed by atoms with Crippen LogP contribution in [0.2, 0.25) is 0 Å². The summed E-state index contributed by atoms with van der Waals surface area (Å²) < 4.78 is 0. The van der Waals surface area contributed by atoms with Crippen LogP contribution in [-0.4, -0.2) is 10.2 Å². The van der Waals surface area contributed by atoms with Crippen molar-refractivity contribution in [2.75, 3.05) is 0 Å². The van der Waals surface area contributed by atoms with Gasteiger partial charge >= 0.3 is 0 Å². The number of aryl methyl sites for hydroxylation is 1. The van der Waals surface area contributed by atoms with Crippen LogP contribution in [0.1, 0.15) is 36.9 Å². The molecule has 0 spiro atoms. The van der Waals surface area contributed by atoms with Gasteiger partial charge < -0.3 is 5.73 Å². The predicted molar refractivity (Wildman–Crippen MR) is 47.7 cm³/mol. The van der Waals surface area contributed by atoms with Gasteiger partial charge in [-0.2, -0.15) is 5.10 Å². The molecule has 1 aromatic rings. The van der Waals surface area contributed by atoms with E-state index in [0.717, 1.165) is 18.5 Å². The van der Waals surface area contributed by atoms with E-state index in [1.807, 2.05) is 13.1 Å². The molecule has 3 N–H and O–H groups in total. The highest BCUT2D eigenvalue weighted by Crippen LogP contribution is 2.36. The van der Waals surface area contributed by atoms with Crippen molar-refractivity contribution in [2.45, 2.75) is 38.1 Å². The van der Waals surface area contributed by atoms with Crippen molar-refractivity contribution in [1.29, 1.82) is 0 Å². The zero-order valence-electron chi connectivity index (χ0n) is 7.43. The lowest BCUT2D eigenvalue weighted by atomic mass is 9.90. The first-order valence-corrected chi connectivity index (χ1v) is 4.52. The third-order valence-electron chi connectivity index (χ3n) is 2.86. The van der Waals surface area contributed by atoms with Crippen LogP contribution in [0.25, 0.3) is 0 Å². The van der Waals surface area contributed by atoms with Gasteiger partial charge in [0.05, 0.1) is 6.20 Å². The molecule has 1 aliphatic rings. The Morgan fingerprint density at radius 3 is 2.67 bits per heavy atom. The number of aromatic amines is 1. The van der Waals surface area contributed by atoms with Crippen molar-refractivity contribution in [3.05, 3.63) is 17.5 Å². The fourth-order valence-corrected chi connectivity index (χ4v) is 2.13. The zero-order chi connectivity index (χ0) is 8.60. The number of nitrogens with zero attached hydrogens (tertiary/aromatic N) is 1. The van der Waals surface area contributed by atoms with Crippen molar-refractivity contribution < 1.29 is 0 Å². The molecular weight excluding hydrogens is 150 g/mol. The molecule has 1 aliphatic carbocycles. The predicted octanol–water partition coefficient (Wildman–Crippen LogP) is 1.45. The summed E-state index contributed by atoms with van der Waals surface area (Å²) in [6.45, 7) is 2.04. The molecule has 3 heteroatoms. The first kappa shape index (κ1) is 7.80. The molecule has 0 aromatic carbocycles. The molecule has 0 unspecified atom stereocenters. The Hall–Kier alpha value is -0.830. The van der Waals surface area contributed by atoms with E-state index in [2.05, 4.69) is 10.2 Å². The molecular formula is C9H15N3. The van der Waals surface area contributed by atoms with Gasteiger partial charge in [0.15, 0.2) is 0 Å². The van der Waals surface area contributed by atoms with E-state index in [9.17, 15) is 0 Å². The molecule has 66 valence electrons. The summed E-state index contributed by atoms with van der Waals surface area (Å²) in [5.74, 6) is 0. The van der Waals surface area contributed by atoms with E-state index in [1.54, 1.807) is 0 Å². The molecule has 0 saturated heterocycles. The molecule has 1 saturated carbocycles. The second-order valence-corrected chi connectivity index (χ2v) is 3.77. The number of nitrogens with one attached hydrogen (secondary N) is 1. The molecule has 0 atom stereocenters. The van der Waals surface area contributed by atoms with E-state index in [4.69, 9.17) is 5.73 Å². The van der Waals surface area contributed by atoms with Crippen LogP contribution >= 0.6 is 0 Å². The van der Waals surface area contributed by atoms with Crippen LogP contribution in [0, 0.1) is 6.92 Å². The third-order valence-corrected chi connectivity index (χ3v) is 2.86. The Balaban J connectivity index is 2.34. The van der Waals surface area contributed by atoms with Gasteiger partial charge in [0.25, 0.3) is 0 Å². The molecule has 0 bridgehead atoms. The molecule has 1 fully saturated rings. The summed E-state index contributed by atoms with van der Waals surface area (Å²) in [7, 11) is 0. The first-order valence-electron chi connectivity index (χ1n) is 4.52. The number of aromatic nitrogens is 2. The Labute approximate surface area is 72.4 Å². The fraction of sp³-hybridized carbons (Fsp3) is 0.667. The highest BCUT2D eigenvalue weighted by molar-refractivity contribution is 5.25. The number of nitrogens with two attached hydrogens (primary N) is 1. The largest absolute Gasteiger partial charge is 0.321 e. The lowest BCUT2D eigenvalue weighted by Gasteiger charge is -2.22. The van der Waals surface area contributed by atoms with Crippen molar-refractivity contribution in [2.24, 2.45) is 5.73 Å². The Morgan fingerprint density at radius 1 is 1.50 bits per heavy atom.